The van der Waals surface area contributed by atoms with Gasteiger partial charge in [0.1, 0.15) is 0 Å². The molecule has 2 aliphatic carbocycles. The molecule has 4 N–H and O–H groups in total. The Balaban J connectivity index is 0.000000240. The van der Waals surface area contributed by atoms with E-state index in [1.807, 2.05) is 97.1 Å². The van der Waals surface area contributed by atoms with Crippen LogP contribution in [0.4, 0.5) is 0 Å². The van der Waals surface area contributed by atoms with Crippen molar-refractivity contribution < 1.29 is 19.4 Å². The molecule has 59 heavy (non-hydrogen) atoms. The van der Waals surface area contributed by atoms with E-state index in [0.717, 1.165) is 106 Å². The summed E-state index contributed by atoms with van der Waals surface area (Å²) < 4.78 is 7.38. The maximum Gasteiger partial charge on any atom is 0.336 e. The molecule has 1 aliphatic heterocycles. The zero-order valence-electron chi connectivity index (χ0n) is 32.4. The van der Waals surface area contributed by atoms with Crippen LogP contribution in [-0.2, 0) is 27.2 Å². The van der Waals surface area contributed by atoms with Gasteiger partial charge < -0.3 is 20.9 Å². The van der Waals surface area contributed by atoms with Crippen molar-refractivity contribution in [1.29, 1.82) is 0 Å². The Labute approximate surface area is 385 Å². The van der Waals surface area contributed by atoms with Crippen LogP contribution >= 0.6 is 79.1 Å². The number of benzene rings is 4. The van der Waals surface area contributed by atoms with Gasteiger partial charge in [0.05, 0.1) is 24.4 Å². The number of amides is 1. The Morgan fingerprint density at radius 1 is 0.746 bits per heavy atom. The van der Waals surface area contributed by atoms with Gasteiger partial charge in [0, 0.05) is 44.5 Å². The van der Waals surface area contributed by atoms with Gasteiger partial charge in [0.15, 0.2) is 0 Å². The van der Waals surface area contributed by atoms with E-state index in [-0.39, 0.29) is 18.3 Å². The molecule has 1 heterocycles. The first-order valence-electron chi connectivity index (χ1n) is 19.0. The summed E-state index contributed by atoms with van der Waals surface area (Å²) in [6.07, 6.45) is 11.1. The van der Waals surface area contributed by atoms with Crippen LogP contribution in [0.25, 0.3) is 23.3 Å². The third kappa shape index (κ3) is 14.7. The summed E-state index contributed by atoms with van der Waals surface area (Å²) in [4.78, 5) is 27.1. The lowest BCUT2D eigenvalue weighted by Gasteiger charge is -2.26. The Bertz CT molecular complexity index is 2170. The zero-order valence-corrected chi connectivity index (χ0v) is 38.6. The fourth-order valence-electron chi connectivity index (χ4n) is 6.68. The number of nitrogens with zero attached hydrogens (tertiary/aromatic N) is 1. The second-order valence-corrected chi connectivity index (χ2v) is 16.8. The average molecular weight is 1010 g/mol. The number of allylic oxidation sites excluding steroid dienone is 4. The predicted molar refractivity (Wildman–Crippen MR) is 255 cm³/mol. The van der Waals surface area contributed by atoms with E-state index < -0.39 is 5.97 Å². The van der Waals surface area contributed by atoms with Crippen LogP contribution in [0.1, 0.15) is 46.2 Å². The Kier molecular flexibility index (Phi) is 20.4. The number of carbonyl (C=O) groups excluding carboxylic acids is 1. The lowest BCUT2D eigenvalue weighted by atomic mass is 10.0. The second kappa shape index (κ2) is 24.9. The van der Waals surface area contributed by atoms with Gasteiger partial charge in [0.2, 0.25) is 0 Å². The number of carboxylic acids is 1. The summed E-state index contributed by atoms with van der Waals surface area (Å²) in [5, 5.41) is 14.0. The molecule has 0 saturated carbocycles. The third-order valence-corrected chi connectivity index (χ3v) is 11.3. The van der Waals surface area contributed by atoms with Crippen molar-refractivity contribution in [2.24, 2.45) is 5.73 Å². The molecule has 0 radical (unpaired) electrons. The Morgan fingerprint density at radius 3 is 1.69 bits per heavy atom. The molecule has 1 amide bonds. The highest BCUT2D eigenvalue weighted by Gasteiger charge is 2.26. The molecule has 3 aliphatic rings. The quantitative estimate of drug-likeness (QED) is 0.0965. The molecule has 1 fully saturated rings. The number of hydrogen-bond donors (Lipinski definition) is 3. The predicted octanol–water partition coefficient (Wildman–Crippen LogP) is 11.2. The summed E-state index contributed by atoms with van der Waals surface area (Å²) >= 11 is 24.1. The van der Waals surface area contributed by atoms with Gasteiger partial charge in [-0.1, -0.05) is 116 Å². The average Bonchev–Trinajstić information content (AvgIpc) is 3.77. The van der Waals surface area contributed by atoms with Crippen molar-refractivity contribution in [3.05, 3.63) is 161 Å². The van der Waals surface area contributed by atoms with Crippen molar-refractivity contribution in [3.63, 3.8) is 0 Å². The van der Waals surface area contributed by atoms with Crippen molar-refractivity contribution >= 4 is 114 Å². The number of hydrogen-bond acceptors (Lipinski definition) is 5. The number of alkyl halides is 1. The number of morpholine rings is 1. The van der Waals surface area contributed by atoms with E-state index in [1.54, 1.807) is 0 Å². The standard InChI is InChI=1S/C25H26BrClN2O2.C18H12BrClO2.C3H8ClN.ClH/c26-21-6-9-23-20(17-21)16-19(5-2-18-3-7-22(27)8-4-18)24(23)25(30)28-10-1-11-29-12-14-31-15-13-29;19-14-5-8-16-13(10-14)9-12(17(16)18(21)22)4-1-11-2-6-15(20)7-3-11;4-2-1-3-5;/h2-9,17H,1,10-16H2,(H,28,30);1-8,10H,9H2,(H,21,22);1-3,5H2;1H/b5-2+;4-1+;;. The molecule has 7 nitrogen and oxygen atoms in total. The van der Waals surface area contributed by atoms with E-state index in [1.165, 1.54) is 5.56 Å². The summed E-state index contributed by atoms with van der Waals surface area (Å²) in [5.41, 5.74) is 14.1. The van der Waals surface area contributed by atoms with E-state index in [2.05, 4.69) is 54.2 Å². The molecule has 0 unspecified atom stereocenters. The maximum atomic E-state index is 13.1. The molecule has 4 aromatic carbocycles. The normalized spacial score (nSPS) is 14.6. The molecule has 1 saturated heterocycles. The van der Waals surface area contributed by atoms with E-state index >= 15 is 0 Å². The van der Waals surface area contributed by atoms with Gasteiger partial charge in [-0.3, -0.25) is 9.69 Å². The molecule has 0 aromatic heterocycles. The number of halogens is 6. The van der Waals surface area contributed by atoms with Crippen molar-refractivity contribution in [2.45, 2.75) is 25.7 Å². The minimum absolute atomic E-state index is 0. The molecular weight excluding hydrogens is 960 g/mol. The second-order valence-electron chi connectivity index (χ2n) is 13.7. The fourth-order valence-corrected chi connectivity index (χ4v) is 7.90. The number of ether oxygens (including phenoxy) is 1. The maximum absolute atomic E-state index is 13.1. The lowest BCUT2D eigenvalue weighted by molar-refractivity contribution is -0.130. The third-order valence-electron chi connectivity index (χ3n) is 9.59. The molecular formula is C46H47Br2Cl4N3O4. The van der Waals surface area contributed by atoms with Crippen LogP contribution in [0.5, 0.6) is 0 Å². The number of carboxylic acid groups (broad SMARTS) is 1. The van der Waals surface area contributed by atoms with Gasteiger partial charge in [-0.15, -0.1) is 24.0 Å². The fraction of sp³-hybridized carbons (Fsp3) is 0.261. The summed E-state index contributed by atoms with van der Waals surface area (Å²) in [6.45, 7) is 5.91. The minimum atomic E-state index is -0.892. The van der Waals surface area contributed by atoms with Crippen molar-refractivity contribution in [1.82, 2.24) is 10.2 Å². The number of carbonyl (C=O) groups is 2. The number of rotatable bonds is 12. The van der Waals surface area contributed by atoms with Crippen LogP contribution < -0.4 is 11.1 Å². The number of aliphatic carboxylic acids is 1. The van der Waals surface area contributed by atoms with Gasteiger partial charge in [-0.2, -0.15) is 0 Å². The van der Waals surface area contributed by atoms with Crippen LogP contribution in [0.3, 0.4) is 0 Å². The molecule has 13 heteroatoms. The zero-order chi connectivity index (χ0) is 41.4. The first-order chi connectivity index (χ1) is 28.1. The smallest absolute Gasteiger partial charge is 0.336 e. The Hall–Kier alpha value is -3.22. The SMILES string of the molecule is Cl.NCCCCl.O=C(NCCCN1CCOCC1)C1=C(/C=C/c2ccc(Cl)cc2)Cc2cc(Br)ccc21.O=C(O)C1=C(/C=C/c2ccc(Cl)cc2)Cc2cc(Br)ccc21. The molecule has 4 aromatic rings. The first-order valence-corrected chi connectivity index (χ1v) is 21.9. The van der Waals surface area contributed by atoms with Crippen molar-refractivity contribution in [3.8, 4) is 0 Å². The highest BCUT2D eigenvalue weighted by Crippen LogP contribution is 2.37. The summed E-state index contributed by atoms with van der Waals surface area (Å²) in [7, 11) is 0. The largest absolute Gasteiger partial charge is 0.478 e. The van der Waals surface area contributed by atoms with Crippen LogP contribution in [0.15, 0.2) is 117 Å². The summed E-state index contributed by atoms with van der Waals surface area (Å²) in [6, 6.07) is 27.0. The topological polar surface area (TPSA) is 105 Å². The number of fused-ring (bicyclic) bond motifs is 2. The van der Waals surface area contributed by atoms with E-state index in [9.17, 15) is 14.7 Å². The Morgan fingerprint density at radius 2 is 1.24 bits per heavy atom. The lowest BCUT2D eigenvalue weighted by Crippen LogP contribution is -2.38. The number of nitrogens with one attached hydrogen (secondary N) is 1. The first kappa shape index (κ1) is 48.4. The molecule has 7 rings (SSSR count). The molecule has 0 atom stereocenters. The highest BCUT2D eigenvalue weighted by molar-refractivity contribution is 9.10. The molecule has 0 spiro atoms. The number of nitrogens with two attached hydrogens (primary N) is 1. The van der Waals surface area contributed by atoms with Gasteiger partial charge in [-0.05, 0) is 132 Å². The van der Waals surface area contributed by atoms with Gasteiger partial charge in [0.25, 0.3) is 5.91 Å². The minimum Gasteiger partial charge on any atom is -0.478 e. The van der Waals surface area contributed by atoms with Crippen LogP contribution in [-0.4, -0.2) is 73.7 Å². The highest BCUT2D eigenvalue weighted by atomic mass is 79.9. The van der Waals surface area contributed by atoms with Crippen LogP contribution in [0, 0.1) is 0 Å². The molecule has 0 bridgehead atoms. The van der Waals surface area contributed by atoms with Crippen molar-refractivity contribution in [2.75, 3.05) is 51.8 Å². The van der Waals surface area contributed by atoms with Gasteiger partial charge in [-0.25, -0.2) is 4.79 Å². The summed E-state index contributed by atoms with van der Waals surface area (Å²) in [5.74, 6) is -0.202. The van der Waals surface area contributed by atoms with E-state index in [4.69, 9.17) is 45.3 Å². The van der Waals surface area contributed by atoms with Crippen LogP contribution in [0.2, 0.25) is 10.0 Å². The van der Waals surface area contributed by atoms with E-state index in [0.29, 0.717) is 41.0 Å². The molecule has 312 valence electrons. The van der Waals surface area contributed by atoms with Gasteiger partial charge >= 0.3 is 5.97 Å². The monoisotopic (exact) mass is 1000 g/mol.